The van der Waals surface area contributed by atoms with Gasteiger partial charge in [0.15, 0.2) is 6.10 Å². The number of unbranched alkanes of at least 4 members (excludes halogenated alkanes) is 32. The molecule has 0 saturated carbocycles. The summed E-state index contributed by atoms with van der Waals surface area (Å²) in [6.45, 7) is 6.52. The molecule has 410 valence electrons. The Morgan fingerprint density at radius 3 is 0.887 bits per heavy atom. The van der Waals surface area contributed by atoms with Crippen LogP contribution in [0.2, 0.25) is 0 Å². The third-order valence-electron chi connectivity index (χ3n) is 13.2. The summed E-state index contributed by atoms with van der Waals surface area (Å²) in [5.41, 5.74) is 0. The third-order valence-corrected chi connectivity index (χ3v) is 13.2. The molecule has 0 spiro atoms. The van der Waals surface area contributed by atoms with Crippen LogP contribution in [0.1, 0.15) is 303 Å². The zero-order valence-electron chi connectivity index (χ0n) is 47.0. The van der Waals surface area contributed by atoms with Crippen LogP contribution in [0.25, 0.3) is 0 Å². The molecule has 0 aliphatic heterocycles. The molecule has 1 unspecified atom stereocenters. The standard InChI is InChI=1S/C65H114O6/c1-4-7-10-13-16-19-22-24-26-28-30-31-32-33-35-36-38-40-43-46-49-52-55-58-64(67)70-61-62(60-69-63(66)57-54-51-48-45-42-21-18-15-12-9-6-3)71-65(68)59-56-53-50-47-44-41-39-37-34-29-27-25-23-20-17-14-11-8-5-2/h8,11,17,20,25,27-28,30,34,37,41,44,62H,4-7,9-10,12-16,18-19,21-24,26,29,31-33,35-36,38-40,42-43,45-61H2,1-3H3/b11-8-,20-17-,27-25-,30-28-,37-34-,44-41-. The molecule has 0 fully saturated rings. The molecule has 71 heavy (non-hydrogen) atoms. The Labute approximate surface area is 440 Å². The van der Waals surface area contributed by atoms with Crippen LogP contribution in [0.4, 0.5) is 0 Å². The summed E-state index contributed by atoms with van der Waals surface area (Å²) in [6.07, 6.45) is 76.2. The van der Waals surface area contributed by atoms with Gasteiger partial charge in [0.2, 0.25) is 0 Å². The van der Waals surface area contributed by atoms with Gasteiger partial charge in [-0.05, 0) is 89.9 Å². The Bertz CT molecular complexity index is 1320. The van der Waals surface area contributed by atoms with Gasteiger partial charge >= 0.3 is 17.9 Å². The van der Waals surface area contributed by atoms with Crippen molar-refractivity contribution in [2.45, 2.75) is 309 Å². The highest BCUT2D eigenvalue weighted by Crippen LogP contribution is 2.16. The Hall–Kier alpha value is -3.15. The van der Waals surface area contributed by atoms with Gasteiger partial charge in [-0.15, -0.1) is 0 Å². The molecule has 0 aromatic rings. The second-order valence-electron chi connectivity index (χ2n) is 20.2. The first kappa shape index (κ1) is 67.8. The number of ether oxygens (including phenoxy) is 3. The molecule has 0 aromatic carbocycles. The molecular weight excluding hydrogens is 877 g/mol. The molecule has 0 aliphatic rings. The minimum absolute atomic E-state index is 0.0866. The van der Waals surface area contributed by atoms with Crippen molar-refractivity contribution in [3.05, 3.63) is 72.9 Å². The molecule has 0 aromatic heterocycles. The summed E-state index contributed by atoms with van der Waals surface area (Å²) in [4.78, 5) is 38.2. The average Bonchev–Trinajstić information content (AvgIpc) is 3.37. The van der Waals surface area contributed by atoms with Crippen LogP contribution < -0.4 is 0 Å². The zero-order chi connectivity index (χ0) is 51.4. The first-order chi connectivity index (χ1) is 35.0. The van der Waals surface area contributed by atoms with Crippen LogP contribution in [-0.2, 0) is 28.6 Å². The van der Waals surface area contributed by atoms with Crippen molar-refractivity contribution in [2.24, 2.45) is 0 Å². The number of allylic oxidation sites excluding steroid dienone is 12. The Balaban J connectivity index is 4.33. The fourth-order valence-corrected chi connectivity index (χ4v) is 8.64. The van der Waals surface area contributed by atoms with Crippen molar-refractivity contribution in [1.82, 2.24) is 0 Å². The van der Waals surface area contributed by atoms with Crippen molar-refractivity contribution in [3.8, 4) is 0 Å². The molecule has 0 bridgehead atoms. The maximum atomic E-state index is 12.9. The highest BCUT2D eigenvalue weighted by molar-refractivity contribution is 5.71. The van der Waals surface area contributed by atoms with E-state index < -0.39 is 6.10 Å². The van der Waals surface area contributed by atoms with E-state index >= 15 is 0 Å². The highest BCUT2D eigenvalue weighted by Gasteiger charge is 2.19. The van der Waals surface area contributed by atoms with Crippen molar-refractivity contribution in [1.29, 1.82) is 0 Å². The van der Waals surface area contributed by atoms with E-state index in [-0.39, 0.29) is 31.1 Å². The lowest BCUT2D eigenvalue weighted by Crippen LogP contribution is -2.30. The Morgan fingerprint density at radius 1 is 0.296 bits per heavy atom. The first-order valence-electron chi connectivity index (χ1n) is 30.4. The Kier molecular flexibility index (Phi) is 56.8. The monoisotopic (exact) mass is 991 g/mol. The third kappa shape index (κ3) is 57.6. The molecular formula is C65H114O6. The molecule has 6 nitrogen and oxygen atoms in total. The lowest BCUT2D eigenvalue weighted by atomic mass is 10.0. The van der Waals surface area contributed by atoms with E-state index in [0.29, 0.717) is 19.3 Å². The predicted molar refractivity (Wildman–Crippen MR) is 307 cm³/mol. The SMILES string of the molecule is CC/C=C\C/C=C\C/C=C\C/C=C\C/C=C\CCCCCC(=O)OC(COC(=O)CCCCCCCCCCCCC)COC(=O)CCCCCCCCCCCCC/C=C\CCCCCCCCCC. The molecule has 0 N–H and O–H groups in total. The van der Waals surface area contributed by atoms with Crippen molar-refractivity contribution in [2.75, 3.05) is 13.2 Å². The van der Waals surface area contributed by atoms with Crippen LogP contribution >= 0.6 is 0 Å². The second kappa shape index (κ2) is 59.4. The van der Waals surface area contributed by atoms with E-state index in [2.05, 4.69) is 93.7 Å². The van der Waals surface area contributed by atoms with E-state index in [9.17, 15) is 14.4 Å². The molecule has 0 saturated heterocycles. The Morgan fingerprint density at radius 2 is 0.549 bits per heavy atom. The summed E-state index contributed by atoms with van der Waals surface area (Å²) in [5.74, 6) is -0.909. The fourth-order valence-electron chi connectivity index (χ4n) is 8.64. The van der Waals surface area contributed by atoms with Gasteiger partial charge in [0.1, 0.15) is 13.2 Å². The predicted octanol–water partition coefficient (Wildman–Crippen LogP) is 20.5. The second-order valence-corrected chi connectivity index (χ2v) is 20.2. The maximum absolute atomic E-state index is 12.9. The minimum atomic E-state index is -0.791. The molecule has 6 heteroatoms. The van der Waals surface area contributed by atoms with Crippen LogP contribution in [0.3, 0.4) is 0 Å². The van der Waals surface area contributed by atoms with Gasteiger partial charge < -0.3 is 14.2 Å². The largest absolute Gasteiger partial charge is 0.462 e. The smallest absolute Gasteiger partial charge is 0.306 e. The van der Waals surface area contributed by atoms with E-state index in [1.54, 1.807) is 0 Å². The number of esters is 3. The number of hydrogen-bond acceptors (Lipinski definition) is 6. The van der Waals surface area contributed by atoms with Gasteiger partial charge in [-0.2, -0.15) is 0 Å². The summed E-state index contributed by atoms with van der Waals surface area (Å²) in [7, 11) is 0. The molecule has 0 heterocycles. The van der Waals surface area contributed by atoms with Crippen LogP contribution in [-0.4, -0.2) is 37.2 Å². The van der Waals surface area contributed by atoms with Crippen LogP contribution in [0.15, 0.2) is 72.9 Å². The summed E-state index contributed by atoms with van der Waals surface area (Å²) < 4.78 is 16.9. The number of hydrogen-bond donors (Lipinski definition) is 0. The summed E-state index contributed by atoms with van der Waals surface area (Å²) in [5, 5.41) is 0. The average molecular weight is 992 g/mol. The molecule has 1 atom stereocenters. The maximum Gasteiger partial charge on any atom is 0.306 e. The molecule has 0 amide bonds. The van der Waals surface area contributed by atoms with Gasteiger partial charge in [-0.1, -0.05) is 267 Å². The molecule has 0 aliphatic carbocycles. The fraction of sp³-hybridized carbons (Fsp3) is 0.769. The number of rotatable bonds is 55. The van der Waals surface area contributed by atoms with Gasteiger partial charge in [0, 0.05) is 19.3 Å². The molecule has 0 radical (unpaired) electrons. The van der Waals surface area contributed by atoms with Gasteiger partial charge in [0.05, 0.1) is 0 Å². The zero-order valence-corrected chi connectivity index (χ0v) is 47.0. The van der Waals surface area contributed by atoms with E-state index in [4.69, 9.17) is 14.2 Å². The van der Waals surface area contributed by atoms with Gasteiger partial charge in [-0.3, -0.25) is 14.4 Å². The van der Waals surface area contributed by atoms with Gasteiger partial charge in [0.25, 0.3) is 0 Å². The van der Waals surface area contributed by atoms with Crippen molar-refractivity contribution in [3.63, 3.8) is 0 Å². The summed E-state index contributed by atoms with van der Waals surface area (Å²) >= 11 is 0. The summed E-state index contributed by atoms with van der Waals surface area (Å²) in [6, 6.07) is 0. The van der Waals surface area contributed by atoms with Crippen LogP contribution in [0, 0.1) is 0 Å². The van der Waals surface area contributed by atoms with Gasteiger partial charge in [-0.25, -0.2) is 0 Å². The number of carbonyl (C=O) groups is 3. The lowest BCUT2D eigenvalue weighted by Gasteiger charge is -2.18. The van der Waals surface area contributed by atoms with Crippen molar-refractivity contribution >= 4 is 17.9 Å². The molecule has 0 rings (SSSR count). The van der Waals surface area contributed by atoms with E-state index in [0.717, 1.165) is 96.3 Å². The normalized spacial score (nSPS) is 12.5. The highest BCUT2D eigenvalue weighted by atomic mass is 16.6. The quantitative estimate of drug-likeness (QED) is 0.0261. The number of carbonyl (C=O) groups excluding carboxylic acids is 3. The van der Waals surface area contributed by atoms with Crippen molar-refractivity contribution < 1.29 is 28.6 Å². The van der Waals surface area contributed by atoms with E-state index in [1.807, 2.05) is 0 Å². The van der Waals surface area contributed by atoms with E-state index in [1.165, 1.54) is 167 Å². The lowest BCUT2D eigenvalue weighted by molar-refractivity contribution is -0.167. The minimum Gasteiger partial charge on any atom is -0.462 e. The first-order valence-corrected chi connectivity index (χ1v) is 30.4. The van der Waals surface area contributed by atoms with Crippen LogP contribution in [0.5, 0.6) is 0 Å². The topological polar surface area (TPSA) is 78.9 Å².